The summed E-state index contributed by atoms with van der Waals surface area (Å²) >= 11 is 5.88. The Morgan fingerprint density at radius 3 is 3.00 bits per heavy atom. The molecule has 82 valence electrons. The molecule has 1 aromatic heterocycles. The molecule has 0 saturated carbocycles. The summed E-state index contributed by atoms with van der Waals surface area (Å²) in [5, 5.41) is 3.31. The Morgan fingerprint density at radius 2 is 2.40 bits per heavy atom. The zero-order valence-corrected chi connectivity index (χ0v) is 9.71. The van der Waals surface area contributed by atoms with Crippen LogP contribution in [-0.2, 0) is 0 Å². The van der Waals surface area contributed by atoms with E-state index in [1.54, 1.807) is 12.3 Å². The number of nitrogens with one attached hydrogen (secondary N) is 1. The van der Waals surface area contributed by atoms with Gasteiger partial charge in [0.1, 0.15) is 0 Å². The van der Waals surface area contributed by atoms with Crippen molar-refractivity contribution in [2.45, 2.75) is 32.7 Å². The van der Waals surface area contributed by atoms with Crippen LogP contribution in [0.5, 0.6) is 0 Å². The van der Waals surface area contributed by atoms with Crippen LogP contribution in [0, 0.1) is 0 Å². The fraction of sp³-hybridized carbons (Fsp3) is 0.455. The van der Waals surface area contributed by atoms with Crippen LogP contribution in [0.2, 0.25) is 5.02 Å². The van der Waals surface area contributed by atoms with Gasteiger partial charge in [-0.2, -0.15) is 0 Å². The molecule has 0 radical (unpaired) electrons. The molecular weight excluding hydrogens is 212 g/mol. The molecule has 1 unspecified atom stereocenters. The van der Waals surface area contributed by atoms with Crippen molar-refractivity contribution in [2.75, 3.05) is 0 Å². The van der Waals surface area contributed by atoms with Gasteiger partial charge in [-0.3, -0.25) is 9.78 Å². The Hall–Kier alpha value is -1.09. The van der Waals surface area contributed by atoms with E-state index in [9.17, 15) is 4.79 Å². The topological polar surface area (TPSA) is 42.0 Å². The summed E-state index contributed by atoms with van der Waals surface area (Å²) in [6, 6.07) is 1.78. The SMILES string of the molecule is CCCC(C)NC(=O)c1cnccc1Cl. The predicted octanol–water partition coefficient (Wildman–Crippen LogP) is 2.65. The molecular formula is C11H15ClN2O. The second-order valence-corrected chi connectivity index (χ2v) is 3.93. The van der Waals surface area contributed by atoms with Gasteiger partial charge in [-0.25, -0.2) is 0 Å². The molecule has 1 heterocycles. The quantitative estimate of drug-likeness (QED) is 0.858. The molecule has 0 fully saturated rings. The maximum absolute atomic E-state index is 11.7. The van der Waals surface area contributed by atoms with E-state index in [0.717, 1.165) is 12.8 Å². The number of halogens is 1. The molecule has 0 saturated heterocycles. The first-order valence-corrected chi connectivity index (χ1v) is 5.43. The minimum atomic E-state index is -0.158. The van der Waals surface area contributed by atoms with E-state index in [4.69, 9.17) is 11.6 Å². The lowest BCUT2D eigenvalue weighted by Crippen LogP contribution is -2.32. The van der Waals surface area contributed by atoms with Crippen molar-refractivity contribution >= 4 is 17.5 Å². The average molecular weight is 227 g/mol. The summed E-state index contributed by atoms with van der Waals surface area (Å²) in [7, 11) is 0. The summed E-state index contributed by atoms with van der Waals surface area (Å²) in [5.74, 6) is -0.158. The van der Waals surface area contributed by atoms with Crippen molar-refractivity contribution in [2.24, 2.45) is 0 Å². The summed E-state index contributed by atoms with van der Waals surface area (Å²) < 4.78 is 0. The van der Waals surface area contributed by atoms with Gasteiger partial charge < -0.3 is 5.32 Å². The normalized spacial score (nSPS) is 12.2. The second-order valence-electron chi connectivity index (χ2n) is 3.52. The van der Waals surface area contributed by atoms with Crippen LogP contribution in [0.3, 0.4) is 0 Å². The van der Waals surface area contributed by atoms with E-state index in [2.05, 4.69) is 17.2 Å². The van der Waals surface area contributed by atoms with Crippen LogP contribution < -0.4 is 5.32 Å². The van der Waals surface area contributed by atoms with Gasteiger partial charge in [0.05, 0.1) is 10.6 Å². The van der Waals surface area contributed by atoms with Crippen LogP contribution in [0.25, 0.3) is 0 Å². The number of rotatable bonds is 4. The van der Waals surface area contributed by atoms with E-state index in [0.29, 0.717) is 10.6 Å². The number of nitrogens with zero attached hydrogens (tertiary/aromatic N) is 1. The number of carbonyl (C=O) groups is 1. The molecule has 0 aliphatic carbocycles. The first kappa shape index (κ1) is 12.0. The smallest absolute Gasteiger partial charge is 0.254 e. The van der Waals surface area contributed by atoms with Crippen molar-refractivity contribution in [3.05, 3.63) is 29.0 Å². The highest BCUT2D eigenvalue weighted by Gasteiger charge is 2.12. The zero-order chi connectivity index (χ0) is 11.3. The van der Waals surface area contributed by atoms with E-state index in [-0.39, 0.29) is 11.9 Å². The molecule has 0 spiro atoms. The third-order valence-corrected chi connectivity index (χ3v) is 2.44. The Kier molecular flexibility index (Phi) is 4.56. The van der Waals surface area contributed by atoms with Crippen LogP contribution in [0.15, 0.2) is 18.5 Å². The Labute approximate surface area is 94.9 Å². The summed E-state index contributed by atoms with van der Waals surface area (Å²) in [5.41, 5.74) is 0.433. The first-order chi connectivity index (χ1) is 7.15. The molecule has 1 rings (SSSR count). The summed E-state index contributed by atoms with van der Waals surface area (Å²) in [6.45, 7) is 4.06. The van der Waals surface area contributed by atoms with E-state index in [1.165, 1.54) is 6.20 Å². The van der Waals surface area contributed by atoms with Crippen molar-refractivity contribution in [1.29, 1.82) is 0 Å². The molecule has 0 aliphatic heterocycles. The standard InChI is InChI=1S/C11H15ClN2O/c1-3-4-8(2)14-11(15)9-7-13-6-5-10(9)12/h5-8H,3-4H2,1-2H3,(H,14,15). The number of pyridine rings is 1. The van der Waals surface area contributed by atoms with Crippen LogP contribution in [0.4, 0.5) is 0 Å². The molecule has 1 atom stereocenters. The first-order valence-electron chi connectivity index (χ1n) is 5.05. The van der Waals surface area contributed by atoms with E-state index >= 15 is 0 Å². The number of hydrogen-bond donors (Lipinski definition) is 1. The van der Waals surface area contributed by atoms with E-state index in [1.807, 2.05) is 6.92 Å². The third-order valence-electron chi connectivity index (χ3n) is 2.11. The van der Waals surface area contributed by atoms with Gasteiger partial charge in [-0.15, -0.1) is 0 Å². The molecule has 0 bridgehead atoms. The lowest BCUT2D eigenvalue weighted by atomic mass is 10.2. The third kappa shape index (κ3) is 3.51. The maximum Gasteiger partial charge on any atom is 0.254 e. The largest absolute Gasteiger partial charge is 0.349 e. The predicted molar refractivity (Wildman–Crippen MR) is 61.1 cm³/mol. The molecule has 0 aliphatic rings. The lowest BCUT2D eigenvalue weighted by Gasteiger charge is -2.12. The number of amides is 1. The van der Waals surface area contributed by atoms with Gasteiger partial charge >= 0.3 is 0 Å². The number of aromatic nitrogens is 1. The minimum absolute atomic E-state index is 0.158. The van der Waals surface area contributed by atoms with Crippen LogP contribution in [-0.4, -0.2) is 16.9 Å². The molecule has 4 heteroatoms. The molecule has 3 nitrogen and oxygen atoms in total. The van der Waals surface area contributed by atoms with Crippen molar-refractivity contribution in [3.63, 3.8) is 0 Å². The van der Waals surface area contributed by atoms with Gasteiger partial charge in [0.15, 0.2) is 0 Å². The van der Waals surface area contributed by atoms with Crippen molar-refractivity contribution < 1.29 is 4.79 Å². The second kappa shape index (κ2) is 5.71. The van der Waals surface area contributed by atoms with Gasteiger partial charge in [0, 0.05) is 18.4 Å². The van der Waals surface area contributed by atoms with Gasteiger partial charge in [0.25, 0.3) is 5.91 Å². The van der Waals surface area contributed by atoms with Crippen molar-refractivity contribution in [1.82, 2.24) is 10.3 Å². The fourth-order valence-corrected chi connectivity index (χ4v) is 1.54. The zero-order valence-electron chi connectivity index (χ0n) is 8.96. The highest BCUT2D eigenvalue weighted by Crippen LogP contribution is 2.13. The molecule has 1 N–H and O–H groups in total. The summed E-state index contributed by atoms with van der Waals surface area (Å²) in [4.78, 5) is 15.6. The van der Waals surface area contributed by atoms with Gasteiger partial charge in [-0.1, -0.05) is 24.9 Å². The minimum Gasteiger partial charge on any atom is -0.349 e. The molecule has 1 aromatic rings. The van der Waals surface area contributed by atoms with Crippen LogP contribution >= 0.6 is 11.6 Å². The number of hydrogen-bond acceptors (Lipinski definition) is 2. The Morgan fingerprint density at radius 1 is 1.67 bits per heavy atom. The Balaban J connectivity index is 2.65. The summed E-state index contributed by atoms with van der Waals surface area (Å²) in [6.07, 6.45) is 5.05. The average Bonchev–Trinajstić information content (AvgIpc) is 2.18. The molecule has 1 amide bonds. The van der Waals surface area contributed by atoms with Crippen LogP contribution in [0.1, 0.15) is 37.0 Å². The van der Waals surface area contributed by atoms with Gasteiger partial charge in [0.2, 0.25) is 0 Å². The Bertz CT molecular complexity index is 341. The number of carbonyl (C=O) groups excluding carboxylic acids is 1. The molecule has 15 heavy (non-hydrogen) atoms. The van der Waals surface area contributed by atoms with E-state index < -0.39 is 0 Å². The fourth-order valence-electron chi connectivity index (χ4n) is 1.35. The van der Waals surface area contributed by atoms with Gasteiger partial charge in [-0.05, 0) is 19.4 Å². The highest BCUT2D eigenvalue weighted by molar-refractivity contribution is 6.33. The van der Waals surface area contributed by atoms with Crippen molar-refractivity contribution in [3.8, 4) is 0 Å². The lowest BCUT2D eigenvalue weighted by molar-refractivity contribution is 0.0938. The molecule has 0 aromatic carbocycles. The highest BCUT2D eigenvalue weighted by atomic mass is 35.5. The maximum atomic E-state index is 11.7. The monoisotopic (exact) mass is 226 g/mol.